The number of benzene rings is 2. The van der Waals surface area contributed by atoms with Gasteiger partial charge in [0.15, 0.2) is 0 Å². The van der Waals surface area contributed by atoms with Crippen molar-refractivity contribution in [2.45, 2.75) is 6.42 Å². The van der Waals surface area contributed by atoms with Crippen LogP contribution >= 0.6 is 0 Å². The number of rotatable bonds is 10. The molecular formula is C18H23N3O4S. The van der Waals surface area contributed by atoms with Crippen LogP contribution in [0.25, 0.3) is 0 Å². The van der Waals surface area contributed by atoms with Crippen molar-refractivity contribution in [1.29, 1.82) is 0 Å². The van der Waals surface area contributed by atoms with Crippen molar-refractivity contribution in [3.63, 3.8) is 0 Å². The zero-order valence-electron chi connectivity index (χ0n) is 14.3. The molecule has 140 valence electrons. The second-order valence-electron chi connectivity index (χ2n) is 5.71. The Morgan fingerprint density at radius 1 is 0.923 bits per heavy atom. The van der Waals surface area contributed by atoms with Crippen molar-refractivity contribution in [2.24, 2.45) is 0 Å². The Labute approximate surface area is 153 Å². The molecule has 0 aromatic heterocycles. The van der Waals surface area contributed by atoms with E-state index in [0.717, 1.165) is 0 Å². The molecule has 0 spiro atoms. The fraction of sp³-hybridized carbons (Fsp3) is 0.278. The van der Waals surface area contributed by atoms with Gasteiger partial charge in [0, 0.05) is 30.9 Å². The number of nitrogens with one attached hydrogen (secondary N) is 2. The normalized spacial score (nSPS) is 11.3. The lowest BCUT2D eigenvalue weighted by atomic mass is 10.3. The van der Waals surface area contributed by atoms with Gasteiger partial charge in [0.1, 0.15) is 0 Å². The van der Waals surface area contributed by atoms with Crippen LogP contribution < -0.4 is 10.0 Å². The molecule has 2 aromatic carbocycles. The highest BCUT2D eigenvalue weighted by Crippen LogP contribution is 2.09. The second-order valence-corrected chi connectivity index (χ2v) is 7.55. The maximum Gasteiger partial charge on any atom is 0.233 e. The summed E-state index contributed by atoms with van der Waals surface area (Å²) in [5, 5.41) is 12.1. The van der Waals surface area contributed by atoms with Gasteiger partial charge in [0.25, 0.3) is 0 Å². The number of carbonyl (C=O) groups is 1. The summed E-state index contributed by atoms with van der Waals surface area (Å²) in [4.78, 5) is 13.4. The molecule has 0 unspecified atom stereocenters. The minimum atomic E-state index is -3.53. The zero-order valence-corrected chi connectivity index (χ0v) is 15.2. The summed E-state index contributed by atoms with van der Waals surface area (Å²) in [5.74, 6) is -0.372. The molecule has 0 aliphatic heterocycles. The Kier molecular flexibility index (Phi) is 7.58. The number of sulfonamides is 1. The van der Waals surface area contributed by atoms with Crippen LogP contribution in [0.1, 0.15) is 6.42 Å². The van der Waals surface area contributed by atoms with E-state index in [1.54, 1.807) is 42.5 Å². The third kappa shape index (κ3) is 7.22. The molecule has 0 radical (unpaired) electrons. The predicted octanol–water partition coefficient (Wildman–Crippen LogP) is 1.71. The van der Waals surface area contributed by atoms with E-state index in [4.69, 9.17) is 0 Å². The van der Waals surface area contributed by atoms with E-state index in [9.17, 15) is 18.3 Å². The lowest BCUT2D eigenvalue weighted by molar-refractivity contribution is -0.116. The Morgan fingerprint density at radius 2 is 1.50 bits per heavy atom. The van der Waals surface area contributed by atoms with Crippen LogP contribution in [0.4, 0.5) is 11.4 Å². The molecule has 0 aliphatic rings. The summed E-state index contributed by atoms with van der Waals surface area (Å²) < 4.78 is 26.7. The first kappa shape index (κ1) is 19.9. The molecule has 0 aliphatic carbocycles. The lowest BCUT2D eigenvalue weighted by Crippen LogP contribution is -2.34. The van der Waals surface area contributed by atoms with Gasteiger partial charge in [-0.3, -0.25) is 14.4 Å². The number of para-hydroxylation sites is 2. The van der Waals surface area contributed by atoms with Crippen molar-refractivity contribution in [1.82, 2.24) is 4.90 Å². The Balaban J connectivity index is 1.77. The number of hydrogen-bond acceptors (Lipinski definition) is 5. The fourth-order valence-electron chi connectivity index (χ4n) is 2.24. The molecule has 8 heteroatoms. The average Bonchev–Trinajstić information content (AvgIpc) is 2.63. The van der Waals surface area contributed by atoms with Crippen molar-refractivity contribution in [2.75, 3.05) is 35.6 Å². The smallest absolute Gasteiger partial charge is 0.233 e. The van der Waals surface area contributed by atoms with Crippen molar-refractivity contribution in [3.05, 3.63) is 60.7 Å². The summed E-state index contributed by atoms with van der Waals surface area (Å²) in [7, 11) is -3.53. The molecule has 0 saturated heterocycles. The van der Waals surface area contributed by atoms with E-state index >= 15 is 0 Å². The summed E-state index contributed by atoms with van der Waals surface area (Å²) in [6, 6.07) is 17.7. The van der Waals surface area contributed by atoms with Crippen LogP contribution in [0.5, 0.6) is 0 Å². The Morgan fingerprint density at radius 3 is 2.08 bits per heavy atom. The van der Waals surface area contributed by atoms with Gasteiger partial charge in [-0.05, 0) is 24.3 Å². The highest BCUT2D eigenvalue weighted by atomic mass is 32.2. The maximum atomic E-state index is 12.1. The Bertz CT molecular complexity index is 783. The highest BCUT2D eigenvalue weighted by Gasteiger charge is 2.14. The molecule has 0 bridgehead atoms. The topological polar surface area (TPSA) is 98.7 Å². The zero-order chi connectivity index (χ0) is 18.8. The maximum absolute atomic E-state index is 12.1. The van der Waals surface area contributed by atoms with Crippen LogP contribution in [-0.4, -0.2) is 49.9 Å². The van der Waals surface area contributed by atoms with Crippen LogP contribution in [0.2, 0.25) is 0 Å². The van der Waals surface area contributed by atoms with E-state index < -0.39 is 10.0 Å². The lowest BCUT2D eigenvalue weighted by Gasteiger charge is -2.19. The molecule has 1 amide bonds. The number of aliphatic hydroxyl groups excluding tert-OH is 1. The third-order valence-corrected chi connectivity index (χ3v) is 4.90. The molecule has 0 atom stereocenters. The molecule has 2 aromatic rings. The molecule has 0 saturated carbocycles. The van der Waals surface area contributed by atoms with Crippen molar-refractivity contribution < 1.29 is 18.3 Å². The van der Waals surface area contributed by atoms with Crippen LogP contribution in [0.3, 0.4) is 0 Å². The van der Waals surface area contributed by atoms with Gasteiger partial charge in [-0.25, -0.2) is 8.42 Å². The second kappa shape index (κ2) is 9.91. The summed E-state index contributed by atoms with van der Waals surface area (Å²) in [6.07, 6.45) is 0.154. The van der Waals surface area contributed by atoms with Crippen molar-refractivity contribution >= 4 is 27.3 Å². The number of hydrogen-bond donors (Lipinski definition) is 3. The van der Waals surface area contributed by atoms with E-state index in [2.05, 4.69) is 10.0 Å². The summed E-state index contributed by atoms with van der Waals surface area (Å²) >= 11 is 0. The molecule has 3 N–H and O–H groups in total. The van der Waals surface area contributed by atoms with Crippen LogP contribution in [0.15, 0.2) is 60.7 Å². The molecule has 2 rings (SSSR count). The summed E-state index contributed by atoms with van der Waals surface area (Å²) in [6.45, 7) is 0.0623. The van der Waals surface area contributed by atoms with E-state index in [1.165, 1.54) is 4.90 Å². The Hall–Kier alpha value is -2.42. The molecular weight excluding hydrogens is 354 g/mol. The molecule has 7 nitrogen and oxygen atoms in total. The van der Waals surface area contributed by atoms with Gasteiger partial charge >= 0.3 is 0 Å². The largest absolute Gasteiger partial charge is 0.381 e. The van der Waals surface area contributed by atoms with Gasteiger partial charge in [0.2, 0.25) is 15.9 Å². The minimum absolute atomic E-state index is 0.122. The molecule has 0 heterocycles. The number of carbonyl (C=O) groups excluding carboxylic acids is 1. The third-order valence-electron chi connectivity index (χ3n) is 3.64. The van der Waals surface area contributed by atoms with Gasteiger partial charge < -0.3 is 10.4 Å². The SMILES string of the molecule is O=C(CCN(CO)CCS(=O)(=O)Nc1ccccc1)Nc1ccccc1. The highest BCUT2D eigenvalue weighted by molar-refractivity contribution is 7.92. The number of anilines is 2. The van der Waals surface area contributed by atoms with Crippen molar-refractivity contribution in [3.8, 4) is 0 Å². The first-order valence-corrected chi connectivity index (χ1v) is 9.87. The monoisotopic (exact) mass is 377 g/mol. The van der Waals surface area contributed by atoms with Crippen LogP contribution in [-0.2, 0) is 14.8 Å². The molecule has 0 fully saturated rings. The van der Waals surface area contributed by atoms with Crippen LogP contribution in [0, 0.1) is 0 Å². The standard InChI is InChI=1S/C18H23N3O4S/c22-15-21(12-11-18(23)19-16-7-3-1-4-8-16)13-14-26(24,25)20-17-9-5-2-6-10-17/h1-10,20,22H,11-15H2,(H,19,23). The van der Waals surface area contributed by atoms with E-state index in [1.807, 2.05) is 18.2 Å². The first-order valence-electron chi connectivity index (χ1n) is 8.22. The predicted molar refractivity (Wildman–Crippen MR) is 102 cm³/mol. The van der Waals surface area contributed by atoms with E-state index in [0.29, 0.717) is 11.4 Å². The quantitative estimate of drug-likeness (QED) is 0.548. The first-order chi connectivity index (χ1) is 12.5. The van der Waals surface area contributed by atoms with E-state index in [-0.39, 0.29) is 37.9 Å². The minimum Gasteiger partial charge on any atom is -0.381 e. The summed E-state index contributed by atoms with van der Waals surface area (Å²) in [5.41, 5.74) is 1.19. The number of amides is 1. The average molecular weight is 377 g/mol. The van der Waals surface area contributed by atoms with Gasteiger partial charge in [0.05, 0.1) is 12.5 Å². The van der Waals surface area contributed by atoms with Gasteiger partial charge in [-0.1, -0.05) is 36.4 Å². The molecule has 26 heavy (non-hydrogen) atoms. The number of nitrogens with zero attached hydrogens (tertiary/aromatic N) is 1. The van der Waals surface area contributed by atoms with Gasteiger partial charge in [-0.2, -0.15) is 0 Å². The van der Waals surface area contributed by atoms with Gasteiger partial charge in [-0.15, -0.1) is 0 Å². The number of aliphatic hydroxyl groups is 1. The fourth-order valence-corrected chi connectivity index (χ4v) is 3.34.